The predicted octanol–water partition coefficient (Wildman–Crippen LogP) is 7.87. The Bertz CT molecular complexity index is 2900. The Morgan fingerprint density at radius 2 is 1.29 bits per heavy atom. The second kappa shape index (κ2) is 16.0. The maximum Gasteiger partial charge on any atom is 0.195 e. The molecule has 1 unspecified atom stereocenters. The lowest BCUT2D eigenvalue weighted by molar-refractivity contribution is 0.509. The summed E-state index contributed by atoms with van der Waals surface area (Å²) in [6, 6.07) is 17.4. The first-order valence-corrected chi connectivity index (χ1v) is 21.6. The molecule has 2 aromatic carbocycles. The van der Waals surface area contributed by atoms with E-state index in [1.54, 1.807) is 23.5 Å². The van der Waals surface area contributed by atoms with Crippen molar-refractivity contribution in [2.75, 3.05) is 7.05 Å². The summed E-state index contributed by atoms with van der Waals surface area (Å²) in [5.74, 6) is 1.96. The number of thioether (sulfide) groups is 2. The number of hydrogen-bond acceptors (Lipinski definition) is 11. The lowest BCUT2D eigenvalue weighted by Crippen LogP contribution is -2.31. The Morgan fingerprint density at radius 3 is 1.90 bits per heavy atom. The third kappa shape index (κ3) is 7.73. The highest BCUT2D eigenvalue weighted by molar-refractivity contribution is 8.03. The van der Waals surface area contributed by atoms with Gasteiger partial charge in [0.2, 0.25) is 0 Å². The Balaban J connectivity index is 0.815. The maximum atomic E-state index is 4.82. The molecule has 59 heavy (non-hydrogen) atoms. The Labute approximate surface area is 350 Å². The topological polar surface area (TPSA) is 135 Å². The van der Waals surface area contributed by atoms with Crippen LogP contribution in [0.3, 0.4) is 0 Å². The fourth-order valence-corrected chi connectivity index (χ4v) is 9.99. The highest BCUT2D eigenvalue weighted by atomic mass is 32.2. The van der Waals surface area contributed by atoms with Crippen LogP contribution in [0.15, 0.2) is 118 Å². The van der Waals surface area contributed by atoms with E-state index in [1.165, 1.54) is 20.9 Å². The van der Waals surface area contributed by atoms with Crippen LogP contribution in [0.4, 0.5) is 0 Å². The molecule has 6 aromatic heterocycles. The van der Waals surface area contributed by atoms with Gasteiger partial charge in [0, 0.05) is 95.7 Å². The van der Waals surface area contributed by atoms with E-state index < -0.39 is 0 Å². The average molecular weight is 818 g/mol. The molecule has 8 heterocycles. The summed E-state index contributed by atoms with van der Waals surface area (Å²) in [4.78, 5) is 12.1. The summed E-state index contributed by atoms with van der Waals surface area (Å²) in [5.41, 5.74) is 8.46. The van der Waals surface area contributed by atoms with Gasteiger partial charge < -0.3 is 14.5 Å². The number of allylic oxidation sites excluding steroid dienone is 3. The summed E-state index contributed by atoms with van der Waals surface area (Å²) in [5, 5.41) is 35.2. The summed E-state index contributed by atoms with van der Waals surface area (Å²) < 4.78 is 8.36. The summed E-state index contributed by atoms with van der Waals surface area (Å²) in [6.07, 6.45) is 20.8. The van der Waals surface area contributed by atoms with E-state index in [2.05, 4.69) is 114 Å². The van der Waals surface area contributed by atoms with Gasteiger partial charge in [-0.1, -0.05) is 54.7 Å². The van der Waals surface area contributed by atoms with Crippen LogP contribution in [0.2, 0.25) is 0 Å². The maximum absolute atomic E-state index is 4.82. The number of nitrogens with one attached hydrogen (secondary N) is 1. The average Bonchev–Trinajstić information content (AvgIpc) is 4.02. The summed E-state index contributed by atoms with van der Waals surface area (Å²) in [7, 11) is 3.93. The van der Waals surface area contributed by atoms with Gasteiger partial charge >= 0.3 is 0 Å². The first-order valence-electron chi connectivity index (χ1n) is 20.0. The highest BCUT2D eigenvalue weighted by Crippen LogP contribution is 2.34. The second-order valence-electron chi connectivity index (χ2n) is 15.1. The quantitative estimate of drug-likeness (QED) is 0.137. The number of nitrogens with zero attached hydrogens (tertiary/aromatic N) is 12. The molecular formula is C44H43N13S2. The molecule has 0 aliphatic carbocycles. The number of aromatic nitrogens is 12. The molecule has 296 valence electrons. The van der Waals surface area contributed by atoms with Crippen molar-refractivity contribution in [1.82, 2.24) is 64.4 Å². The van der Waals surface area contributed by atoms with Crippen LogP contribution in [0, 0.1) is 0 Å². The van der Waals surface area contributed by atoms with Crippen molar-refractivity contribution in [3.05, 3.63) is 130 Å². The minimum Gasteiger partial charge on any atom is -0.311 e. The Kier molecular flexibility index (Phi) is 10.2. The van der Waals surface area contributed by atoms with E-state index in [-0.39, 0.29) is 6.04 Å². The third-order valence-electron chi connectivity index (χ3n) is 11.1. The van der Waals surface area contributed by atoms with E-state index in [9.17, 15) is 0 Å². The molecule has 0 saturated heterocycles. The molecular weight excluding hydrogens is 775 g/mol. The number of hydrogen-bond donors (Lipinski definition) is 1. The molecule has 0 spiro atoms. The smallest absolute Gasteiger partial charge is 0.195 e. The normalized spacial score (nSPS) is 14.8. The second-order valence-corrected chi connectivity index (χ2v) is 17.2. The molecule has 0 bridgehead atoms. The fraction of sp³-hybridized carbons (Fsp3) is 0.273. The predicted molar refractivity (Wildman–Crippen MR) is 233 cm³/mol. The molecule has 0 fully saturated rings. The van der Waals surface area contributed by atoms with E-state index in [0.717, 1.165) is 105 Å². The van der Waals surface area contributed by atoms with Crippen LogP contribution in [0.25, 0.3) is 44.1 Å². The molecule has 0 radical (unpaired) electrons. The molecule has 1 N–H and O–H groups in total. The molecule has 2 aliphatic rings. The Hall–Kier alpha value is -5.90. The van der Waals surface area contributed by atoms with Gasteiger partial charge in [0.25, 0.3) is 0 Å². The van der Waals surface area contributed by atoms with Crippen molar-refractivity contribution in [1.29, 1.82) is 0 Å². The van der Waals surface area contributed by atoms with Crippen molar-refractivity contribution >= 4 is 45.3 Å². The molecule has 15 heteroatoms. The van der Waals surface area contributed by atoms with Gasteiger partial charge in [0.05, 0.1) is 36.0 Å². The van der Waals surface area contributed by atoms with Crippen LogP contribution in [0.5, 0.6) is 0 Å². The van der Waals surface area contributed by atoms with E-state index >= 15 is 0 Å². The third-order valence-corrected chi connectivity index (χ3v) is 13.4. The van der Waals surface area contributed by atoms with E-state index in [4.69, 9.17) is 15.1 Å². The largest absolute Gasteiger partial charge is 0.311 e. The lowest BCUT2D eigenvalue weighted by atomic mass is 10.0. The first kappa shape index (κ1) is 37.4. The van der Waals surface area contributed by atoms with Gasteiger partial charge in [0.1, 0.15) is 11.6 Å². The van der Waals surface area contributed by atoms with Gasteiger partial charge in [-0.2, -0.15) is 10.2 Å². The Morgan fingerprint density at radius 1 is 0.678 bits per heavy atom. The zero-order valence-electron chi connectivity index (χ0n) is 33.2. The number of pyridine rings is 2. The van der Waals surface area contributed by atoms with Crippen LogP contribution >= 0.6 is 23.5 Å². The molecule has 0 saturated carbocycles. The zero-order chi connectivity index (χ0) is 39.9. The first-order chi connectivity index (χ1) is 29.0. The van der Waals surface area contributed by atoms with Gasteiger partial charge in [0.15, 0.2) is 10.3 Å². The van der Waals surface area contributed by atoms with Crippen LogP contribution in [-0.4, -0.2) is 72.1 Å². The molecule has 10 rings (SSSR count). The SMILES string of the molecule is CCC1=CCCn2c(Cc3ccc4ncc(-c5cnn(CC(NC)C6=CCCn7c(Cc8ccc9ncc(-c%10cnn(C)c%10)cc9c8)nnc7S6)c5)cc4c3)nnc2S1. The summed E-state index contributed by atoms with van der Waals surface area (Å²) >= 11 is 3.43. The summed E-state index contributed by atoms with van der Waals surface area (Å²) in [6.45, 7) is 4.60. The molecule has 2 aliphatic heterocycles. The minimum atomic E-state index is 0.0497. The fourth-order valence-electron chi connectivity index (χ4n) is 7.88. The lowest BCUT2D eigenvalue weighted by Gasteiger charge is -2.18. The number of benzene rings is 2. The van der Waals surface area contributed by atoms with Gasteiger partial charge in [-0.25, -0.2) is 0 Å². The molecule has 8 aromatic rings. The van der Waals surface area contributed by atoms with Gasteiger partial charge in [-0.15, -0.1) is 20.4 Å². The van der Waals surface area contributed by atoms with Crippen LogP contribution < -0.4 is 5.32 Å². The highest BCUT2D eigenvalue weighted by Gasteiger charge is 2.23. The van der Waals surface area contributed by atoms with Crippen molar-refractivity contribution in [3.63, 3.8) is 0 Å². The van der Waals surface area contributed by atoms with Crippen molar-refractivity contribution in [2.24, 2.45) is 7.05 Å². The number of rotatable bonds is 11. The zero-order valence-corrected chi connectivity index (χ0v) is 34.8. The van der Waals surface area contributed by atoms with E-state index in [1.807, 2.05) is 54.4 Å². The van der Waals surface area contributed by atoms with Crippen molar-refractivity contribution in [2.45, 2.75) is 75.0 Å². The standard InChI is InChI=1S/C44H43N13S2/c1-4-36-7-5-13-56-41(50-52-43(56)58-36)17-28-9-12-38-31(16-28)20-33(22-47-38)35-24-49-55(26-35)27-39(45-2)40-8-6-14-57-42(51-53-44(57)59-40)18-29-10-11-37-30(15-29)19-32(21-46-37)34-23-48-54(3)25-34/h7-12,15-16,19-26,39,45H,4-6,13-14,17-18,27H2,1-3H3. The van der Waals surface area contributed by atoms with Gasteiger partial charge in [-0.3, -0.25) is 19.3 Å². The minimum absolute atomic E-state index is 0.0497. The van der Waals surface area contributed by atoms with Crippen LogP contribution in [0.1, 0.15) is 49.0 Å². The van der Waals surface area contributed by atoms with E-state index in [0.29, 0.717) is 13.0 Å². The number of fused-ring (bicyclic) bond motifs is 4. The number of aryl methyl sites for hydroxylation is 1. The van der Waals surface area contributed by atoms with Crippen molar-refractivity contribution in [3.8, 4) is 22.3 Å². The molecule has 1 atom stereocenters. The van der Waals surface area contributed by atoms with Gasteiger partial charge in [-0.05, 0) is 78.7 Å². The van der Waals surface area contributed by atoms with Crippen LogP contribution in [-0.2, 0) is 39.5 Å². The monoisotopic (exact) mass is 817 g/mol. The molecule has 0 amide bonds. The molecule has 13 nitrogen and oxygen atoms in total. The van der Waals surface area contributed by atoms with Crippen molar-refractivity contribution < 1.29 is 0 Å². The number of likely N-dealkylation sites (N-methyl/N-ethyl adjacent to an activating group) is 1.